The number of benzene rings is 1. The summed E-state index contributed by atoms with van der Waals surface area (Å²) in [6.07, 6.45) is 1.92. The first-order valence-electron chi connectivity index (χ1n) is 6.19. The van der Waals surface area contributed by atoms with Gasteiger partial charge in [0, 0.05) is 18.2 Å². The maximum absolute atomic E-state index is 11.5. The lowest BCUT2D eigenvalue weighted by Crippen LogP contribution is -2.35. The van der Waals surface area contributed by atoms with Crippen molar-refractivity contribution in [1.29, 1.82) is 0 Å². The number of amides is 1. The zero-order valence-corrected chi connectivity index (χ0v) is 11.1. The Bertz CT molecular complexity index is 431. The zero-order chi connectivity index (χ0) is 14.3. The van der Waals surface area contributed by atoms with Crippen molar-refractivity contribution in [2.45, 2.75) is 32.7 Å². The molecule has 0 bridgehead atoms. The molecule has 0 radical (unpaired) electrons. The molecule has 1 N–H and O–H groups in total. The summed E-state index contributed by atoms with van der Waals surface area (Å²) < 4.78 is 5.25. The van der Waals surface area contributed by atoms with Crippen LogP contribution in [0.4, 0.5) is 5.69 Å². The van der Waals surface area contributed by atoms with Gasteiger partial charge in [0.1, 0.15) is 5.75 Å². The molecule has 19 heavy (non-hydrogen) atoms. The van der Waals surface area contributed by atoms with Gasteiger partial charge in [-0.05, 0) is 25.5 Å². The van der Waals surface area contributed by atoms with Crippen molar-refractivity contribution in [1.82, 2.24) is 5.32 Å². The van der Waals surface area contributed by atoms with Crippen LogP contribution in [0.25, 0.3) is 0 Å². The van der Waals surface area contributed by atoms with E-state index in [1.807, 2.05) is 6.92 Å². The van der Waals surface area contributed by atoms with Crippen molar-refractivity contribution in [3.63, 3.8) is 0 Å². The Morgan fingerprint density at radius 1 is 1.42 bits per heavy atom. The molecule has 1 amide bonds. The van der Waals surface area contributed by atoms with Crippen molar-refractivity contribution < 1.29 is 14.5 Å². The first-order chi connectivity index (χ1) is 9.02. The molecule has 0 fully saturated rings. The highest BCUT2D eigenvalue weighted by Gasteiger charge is 2.08. The van der Waals surface area contributed by atoms with Crippen LogP contribution in [0.15, 0.2) is 24.3 Å². The minimum atomic E-state index is -0.483. The number of carbonyl (C=O) groups excluding carboxylic acids is 1. The van der Waals surface area contributed by atoms with E-state index in [1.54, 1.807) is 0 Å². The summed E-state index contributed by atoms with van der Waals surface area (Å²) in [5.41, 5.74) is -0.00614. The maximum Gasteiger partial charge on any atom is 0.269 e. The molecule has 0 aromatic heterocycles. The first kappa shape index (κ1) is 14.9. The second-order valence-corrected chi connectivity index (χ2v) is 4.30. The molecule has 1 aromatic rings. The van der Waals surface area contributed by atoms with Gasteiger partial charge in [0.25, 0.3) is 11.6 Å². The zero-order valence-electron chi connectivity index (χ0n) is 11.1. The van der Waals surface area contributed by atoms with Crippen molar-refractivity contribution in [2.75, 3.05) is 6.61 Å². The summed E-state index contributed by atoms with van der Waals surface area (Å²) in [4.78, 5) is 21.5. The van der Waals surface area contributed by atoms with E-state index in [1.165, 1.54) is 24.3 Å². The SMILES string of the molecule is CCC[C@H](C)NC(=O)COc1ccc([N+](=O)[O-])cc1. The smallest absolute Gasteiger partial charge is 0.269 e. The summed E-state index contributed by atoms with van der Waals surface area (Å²) in [5.74, 6) is 0.239. The number of nitrogens with zero attached hydrogens (tertiary/aromatic N) is 1. The van der Waals surface area contributed by atoms with Gasteiger partial charge in [0.15, 0.2) is 6.61 Å². The van der Waals surface area contributed by atoms with E-state index in [2.05, 4.69) is 12.2 Å². The maximum atomic E-state index is 11.5. The highest BCUT2D eigenvalue weighted by Crippen LogP contribution is 2.17. The molecule has 6 nitrogen and oxygen atoms in total. The molecule has 0 heterocycles. The van der Waals surface area contributed by atoms with Gasteiger partial charge >= 0.3 is 0 Å². The molecule has 0 saturated heterocycles. The lowest BCUT2D eigenvalue weighted by Gasteiger charge is -2.13. The van der Waals surface area contributed by atoms with E-state index in [0.717, 1.165) is 12.8 Å². The van der Waals surface area contributed by atoms with Crippen LogP contribution < -0.4 is 10.1 Å². The highest BCUT2D eigenvalue weighted by molar-refractivity contribution is 5.77. The van der Waals surface area contributed by atoms with Crippen LogP contribution in [0.1, 0.15) is 26.7 Å². The van der Waals surface area contributed by atoms with Gasteiger partial charge in [-0.15, -0.1) is 0 Å². The van der Waals surface area contributed by atoms with E-state index in [9.17, 15) is 14.9 Å². The molecule has 0 unspecified atom stereocenters. The third kappa shape index (κ3) is 5.37. The van der Waals surface area contributed by atoms with E-state index in [4.69, 9.17) is 4.74 Å². The Kier molecular flexibility index (Phi) is 5.78. The summed E-state index contributed by atoms with van der Waals surface area (Å²) in [7, 11) is 0. The fourth-order valence-electron chi connectivity index (χ4n) is 1.63. The van der Waals surface area contributed by atoms with Crippen LogP contribution in [0, 0.1) is 10.1 Å². The van der Waals surface area contributed by atoms with Crippen LogP contribution >= 0.6 is 0 Å². The lowest BCUT2D eigenvalue weighted by molar-refractivity contribution is -0.384. The minimum absolute atomic E-state index is 0.00614. The Labute approximate surface area is 111 Å². The fourth-order valence-corrected chi connectivity index (χ4v) is 1.63. The summed E-state index contributed by atoms with van der Waals surface area (Å²) in [5, 5.41) is 13.3. The average Bonchev–Trinajstić information content (AvgIpc) is 2.37. The molecule has 1 atom stereocenters. The molecule has 0 saturated carbocycles. The standard InChI is InChI=1S/C13H18N2O4/c1-3-4-10(2)14-13(16)9-19-12-7-5-11(6-8-12)15(17)18/h5-8,10H,3-4,9H2,1-2H3,(H,14,16)/t10-/m0/s1. The number of non-ortho nitro benzene ring substituents is 1. The highest BCUT2D eigenvalue weighted by atomic mass is 16.6. The van der Waals surface area contributed by atoms with Gasteiger partial charge in [-0.2, -0.15) is 0 Å². The molecule has 6 heteroatoms. The number of hydrogen-bond acceptors (Lipinski definition) is 4. The summed E-state index contributed by atoms with van der Waals surface area (Å²) in [6, 6.07) is 5.75. The van der Waals surface area contributed by atoms with Gasteiger partial charge < -0.3 is 10.1 Å². The predicted molar refractivity (Wildman–Crippen MR) is 71.1 cm³/mol. The monoisotopic (exact) mass is 266 g/mol. The molecule has 104 valence electrons. The summed E-state index contributed by atoms with van der Waals surface area (Å²) >= 11 is 0. The van der Waals surface area contributed by atoms with Crippen LogP contribution in [-0.2, 0) is 4.79 Å². The molecule has 0 aliphatic carbocycles. The molecule has 1 rings (SSSR count). The van der Waals surface area contributed by atoms with Crippen LogP contribution in [0.3, 0.4) is 0 Å². The molecular formula is C13H18N2O4. The number of rotatable bonds is 7. The van der Waals surface area contributed by atoms with E-state index in [0.29, 0.717) is 5.75 Å². The van der Waals surface area contributed by atoms with E-state index < -0.39 is 4.92 Å². The second kappa shape index (κ2) is 7.35. The Morgan fingerprint density at radius 3 is 2.58 bits per heavy atom. The summed E-state index contributed by atoms with van der Waals surface area (Å²) in [6.45, 7) is 3.90. The molecule has 0 aliphatic heterocycles. The Balaban J connectivity index is 2.39. The van der Waals surface area contributed by atoms with Crippen molar-refractivity contribution in [2.24, 2.45) is 0 Å². The number of nitro benzene ring substituents is 1. The minimum Gasteiger partial charge on any atom is -0.484 e. The number of ether oxygens (including phenoxy) is 1. The molecule has 0 aliphatic rings. The molecular weight excluding hydrogens is 248 g/mol. The van der Waals surface area contributed by atoms with Crippen LogP contribution in [0.5, 0.6) is 5.75 Å². The van der Waals surface area contributed by atoms with Crippen LogP contribution in [0.2, 0.25) is 0 Å². The lowest BCUT2D eigenvalue weighted by atomic mass is 10.2. The second-order valence-electron chi connectivity index (χ2n) is 4.30. The third-order valence-electron chi connectivity index (χ3n) is 2.55. The predicted octanol–water partition coefficient (Wildman–Crippen LogP) is 2.28. The normalized spacial score (nSPS) is 11.7. The van der Waals surface area contributed by atoms with Gasteiger partial charge in [0.2, 0.25) is 0 Å². The van der Waals surface area contributed by atoms with Gasteiger partial charge in [-0.3, -0.25) is 14.9 Å². The Morgan fingerprint density at radius 2 is 2.05 bits per heavy atom. The van der Waals surface area contributed by atoms with Gasteiger partial charge in [0.05, 0.1) is 4.92 Å². The fraction of sp³-hybridized carbons (Fsp3) is 0.462. The third-order valence-corrected chi connectivity index (χ3v) is 2.55. The van der Waals surface area contributed by atoms with Crippen molar-refractivity contribution in [3.8, 4) is 5.75 Å². The van der Waals surface area contributed by atoms with Crippen molar-refractivity contribution in [3.05, 3.63) is 34.4 Å². The van der Waals surface area contributed by atoms with Crippen molar-refractivity contribution >= 4 is 11.6 Å². The van der Waals surface area contributed by atoms with E-state index >= 15 is 0 Å². The number of nitro groups is 1. The molecule has 1 aromatic carbocycles. The largest absolute Gasteiger partial charge is 0.484 e. The Hall–Kier alpha value is -2.11. The van der Waals surface area contributed by atoms with Gasteiger partial charge in [-0.1, -0.05) is 13.3 Å². The topological polar surface area (TPSA) is 81.5 Å². The van der Waals surface area contributed by atoms with Gasteiger partial charge in [-0.25, -0.2) is 0 Å². The number of nitrogens with one attached hydrogen (secondary N) is 1. The molecule has 0 spiro atoms. The first-order valence-corrected chi connectivity index (χ1v) is 6.19. The van der Waals surface area contributed by atoms with Crippen LogP contribution in [-0.4, -0.2) is 23.5 Å². The van der Waals surface area contributed by atoms with E-state index in [-0.39, 0.29) is 24.2 Å². The quantitative estimate of drug-likeness (QED) is 0.606. The average molecular weight is 266 g/mol. The number of carbonyl (C=O) groups is 1. The number of hydrogen-bond donors (Lipinski definition) is 1.